The van der Waals surface area contributed by atoms with Gasteiger partial charge < -0.3 is 9.88 Å². The first kappa shape index (κ1) is 41.7. The Kier molecular flexibility index (Phi) is 11.8. The minimum atomic E-state index is 1.08. The molecule has 0 fully saturated rings. The average molecular weight is 869 g/mol. The molecule has 1 aliphatic carbocycles. The highest BCUT2D eigenvalue weighted by molar-refractivity contribution is 6.10. The molecule has 11 rings (SSSR count). The van der Waals surface area contributed by atoms with Crippen LogP contribution in [0.1, 0.15) is 27.8 Å². The van der Waals surface area contributed by atoms with Crippen LogP contribution in [0.25, 0.3) is 83.8 Å². The molecule has 0 unspecified atom stereocenters. The van der Waals surface area contributed by atoms with Crippen LogP contribution < -0.4 is 5.32 Å². The number of para-hydroxylation sites is 2. The molecule has 68 heavy (non-hydrogen) atoms. The average Bonchev–Trinajstić information content (AvgIpc) is 3.90. The monoisotopic (exact) mass is 868 g/mol. The summed E-state index contributed by atoms with van der Waals surface area (Å²) in [6.07, 6.45) is 25.6. The van der Waals surface area contributed by atoms with Crippen molar-refractivity contribution in [3.63, 3.8) is 0 Å². The van der Waals surface area contributed by atoms with E-state index in [-0.39, 0.29) is 0 Å². The Morgan fingerprint density at radius 1 is 0.412 bits per heavy atom. The Hall–Kier alpha value is -8.98. The molecule has 0 spiro atoms. The van der Waals surface area contributed by atoms with Crippen LogP contribution in [-0.4, -0.2) is 4.57 Å². The Labute approximate surface area is 398 Å². The van der Waals surface area contributed by atoms with E-state index >= 15 is 0 Å². The summed E-state index contributed by atoms with van der Waals surface area (Å²) < 4.78 is 2.36. The molecule has 0 saturated heterocycles. The zero-order valence-electron chi connectivity index (χ0n) is 37.6. The molecule has 10 aromatic rings. The van der Waals surface area contributed by atoms with E-state index in [2.05, 4.69) is 283 Å². The minimum Gasteiger partial charge on any atom is -0.361 e. The molecule has 1 heterocycles. The Morgan fingerprint density at radius 3 is 1.96 bits per heavy atom. The highest BCUT2D eigenvalue weighted by Crippen LogP contribution is 2.45. The second kappa shape index (κ2) is 19.2. The summed E-state index contributed by atoms with van der Waals surface area (Å²) in [5.41, 5.74) is 17.8. The molecule has 0 bridgehead atoms. The van der Waals surface area contributed by atoms with E-state index in [0.29, 0.717) is 0 Å². The summed E-state index contributed by atoms with van der Waals surface area (Å²) in [5, 5.41) is 8.44. The molecule has 1 aromatic heterocycles. The zero-order chi connectivity index (χ0) is 45.5. The number of fused-ring (bicyclic) bond motifs is 7. The summed E-state index contributed by atoms with van der Waals surface area (Å²) >= 11 is 0. The molecule has 2 heteroatoms. The van der Waals surface area contributed by atoms with Gasteiger partial charge in [0.15, 0.2) is 0 Å². The van der Waals surface area contributed by atoms with E-state index < -0.39 is 0 Å². The Morgan fingerprint density at radius 2 is 1.09 bits per heavy atom. The molecule has 0 saturated carbocycles. The smallest absolute Gasteiger partial charge is 0.0541 e. The minimum absolute atomic E-state index is 1.08. The molecule has 2 nitrogen and oxygen atoms in total. The van der Waals surface area contributed by atoms with Gasteiger partial charge in [-0.05, 0) is 115 Å². The van der Waals surface area contributed by atoms with Crippen LogP contribution in [-0.2, 0) is 0 Å². The molecular weight excluding hydrogens is 821 g/mol. The predicted octanol–water partition coefficient (Wildman–Crippen LogP) is 17.6. The van der Waals surface area contributed by atoms with Crippen molar-refractivity contribution in [2.45, 2.75) is 0 Å². The number of hydrogen-bond donors (Lipinski definition) is 1. The van der Waals surface area contributed by atoms with Crippen LogP contribution in [0.15, 0.2) is 273 Å². The normalized spacial score (nSPS) is 13.4. The van der Waals surface area contributed by atoms with Gasteiger partial charge in [-0.2, -0.15) is 0 Å². The topological polar surface area (TPSA) is 17.0 Å². The lowest BCUT2D eigenvalue weighted by atomic mass is 9.97. The van der Waals surface area contributed by atoms with E-state index in [0.717, 1.165) is 28.1 Å². The standard InChI is InChI=1S/C66H48N2/c1(2-6-20-48-21-7-4-8-22-48)3-11-29-59-57-30-14-15-31-58(57)60-43-36-49(46-62(59)60)35-37-50(25-19-45-67-64-33-18-24-53-23-12-13-28-56(53)64)51-38-40-52(41-39-51)54-42-44-66-63(47-54)61-32-16-17-34-65(61)68(66)55-26-9-5-10-27-55/h1-47,67H/b2-1-,11-3+,20-6-,37-35-,45-19+,50-25+,59-29+. The number of rotatable bonds is 12. The highest BCUT2D eigenvalue weighted by atomic mass is 15.0. The van der Waals surface area contributed by atoms with E-state index in [1.807, 2.05) is 12.3 Å². The van der Waals surface area contributed by atoms with Gasteiger partial charge in [0, 0.05) is 33.7 Å². The van der Waals surface area contributed by atoms with Crippen LogP contribution >= 0.6 is 0 Å². The summed E-state index contributed by atoms with van der Waals surface area (Å²) in [6, 6.07) is 75.9. The van der Waals surface area contributed by atoms with Gasteiger partial charge in [0.2, 0.25) is 0 Å². The van der Waals surface area contributed by atoms with Crippen molar-refractivity contribution in [1.29, 1.82) is 0 Å². The van der Waals surface area contributed by atoms with Crippen LogP contribution in [0.3, 0.4) is 0 Å². The maximum absolute atomic E-state index is 3.55. The Balaban J connectivity index is 0.903. The molecule has 0 aliphatic heterocycles. The van der Waals surface area contributed by atoms with Gasteiger partial charge in [0.05, 0.1) is 11.0 Å². The summed E-state index contributed by atoms with van der Waals surface area (Å²) in [4.78, 5) is 0. The first-order valence-electron chi connectivity index (χ1n) is 23.2. The maximum Gasteiger partial charge on any atom is 0.0541 e. The van der Waals surface area contributed by atoms with Gasteiger partial charge in [0.1, 0.15) is 0 Å². The fourth-order valence-corrected chi connectivity index (χ4v) is 9.41. The maximum atomic E-state index is 3.55. The van der Waals surface area contributed by atoms with Gasteiger partial charge >= 0.3 is 0 Å². The molecule has 9 aromatic carbocycles. The first-order valence-corrected chi connectivity index (χ1v) is 23.2. The molecule has 0 radical (unpaired) electrons. The highest BCUT2D eigenvalue weighted by Gasteiger charge is 2.22. The second-order valence-corrected chi connectivity index (χ2v) is 17.0. The predicted molar refractivity (Wildman–Crippen MR) is 293 cm³/mol. The van der Waals surface area contributed by atoms with E-state index in [9.17, 15) is 0 Å². The number of hydrogen-bond acceptors (Lipinski definition) is 1. The second-order valence-electron chi connectivity index (χ2n) is 17.0. The Bertz CT molecular complexity index is 3660. The fraction of sp³-hybridized carbons (Fsp3) is 0. The number of nitrogens with zero attached hydrogens (tertiary/aromatic N) is 1. The summed E-state index contributed by atoms with van der Waals surface area (Å²) in [5.74, 6) is 0. The van der Waals surface area contributed by atoms with Crippen molar-refractivity contribution in [3.05, 3.63) is 301 Å². The lowest BCUT2D eigenvalue weighted by Gasteiger charge is -2.09. The third kappa shape index (κ3) is 8.63. The van der Waals surface area contributed by atoms with Crippen molar-refractivity contribution in [3.8, 4) is 27.9 Å². The number of allylic oxidation sites excluding steroid dienone is 10. The molecular formula is C66H48N2. The van der Waals surface area contributed by atoms with Crippen molar-refractivity contribution >= 4 is 61.6 Å². The first-order chi connectivity index (χ1) is 33.7. The van der Waals surface area contributed by atoms with Crippen molar-refractivity contribution in [1.82, 2.24) is 4.57 Å². The van der Waals surface area contributed by atoms with Crippen LogP contribution in [0.2, 0.25) is 0 Å². The van der Waals surface area contributed by atoms with Gasteiger partial charge in [0.25, 0.3) is 0 Å². The van der Waals surface area contributed by atoms with Crippen molar-refractivity contribution in [2.24, 2.45) is 0 Å². The fourth-order valence-electron chi connectivity index (χ4n) is 9.41. The summed E-state index contributed by atoms with van der Waals surface area (Å²) in [6.45, 7) is 0. The lowest BCUT2D eigenvalue weighted by Crippen LogP contribution is -1.92. The van der Waals surface area contributed by atoms with Gasteiger partial charge in [-0.1, -0.05) is 231 Å². The lowest BCUT2D eigenvalue weighted by molar-refractivity contribution is 1.18. The molecule has 1 aliphatic rings. The summed E-state index contributed by atoms with van der Waals surface area (Å²) in [7, 11) is 0. The molecule has 0 amide bonds. The van der Waals surface area contributed by atoms with Crippen molar-refractivity contribution in [2.75, 3.05) is 5.32 Å². The third-order valence-corrected chi connectivity index (χ3v) is 12.7. The van der Waals surface area contributed by atoms with E-state index in [1.54, 1.807) is 0 Å². The molecule has 0 atom stereocenters. The third-order valence-electron chi connectivity index (χ3n) is 12.7. The zero-order valence-corrected chi connectivity index (χ0v) is 37.6. The molecule has 1 N–H and O–H groups in total. The number of aromatic nitrogens is 1. The SMILES string of the molecule is C(/C=C\c1ccccc1)=C/C=C/C=C1\c2ccccc2-c2ccc(\C=C/C(=C\C=C\Nc3cccc4ccccc34)c3ccc(-c4ccc5c(c4)c4ccccc4n5-c4ccccc4)cc3)cc21. The quantitative estimate of drug-likeness (QED) is 0.121. The number of benzene rings is 9. The van der Waals surface area contributed by atoms with Crippen LogP contribution in [0.4, 0.5) is 5.69 Å². The largest absolute Gasteiger partial charge is 0.361 e. The van der Waals surface area contributed by atoms with Gasteiger partial charge in [-0.25, -0.2) is 0 Å². The van der Waals surface area contributed by atoms with Gasteiger partial charge in [-0.15, -0.1) is 0 Å². The van der Waals surface area contributed by atoms with Crippen LogP contribution in [0, 0.1) is 0 Å². The number of anilines is 1. The van der Waals surface area contributed by atoms with E-state index in [4.69, 9.17) is 0 Å². The van der Waals surface area contributed by atoms with Gasteiger partial charge in [-0.3, -0.25) is 0 Å². The molecule has 322 valence electrons. The van der Waals surface area contributed by atoms with Crippen molar-refractivity contribution < 1.29 is 0 Å². The number of nitrogens with one attached hydrogen (secondary N) is 1. The van der Waals surface area contributed by atoms with E-state index in [1.165, 1.54) is 77.1 Å². The van der Waals surface area contributed by atoms with Crippen LogP contribution in [0.5, 0.6) is 0 Å².